The third kappa shape index (κ3) is 6.35. The van der Waals surface area contributed by atoms with Gasteiger partial charge in [0, 0.05) is 10.2 Å². The molecule has 0 radical (unpaired) electrons. The highest BCUT2D eigenvalue weighted by Gasteiger charge is 2.32. The summed E-state index contributed by atoms with van der Waals surface area (Å²) in [4.78, 5) is 38.4. The van der Waals surface area contributed by atoms with Crippen molar-refractivity contribution in [3.8, 4) is 0 Å². The Balaban J connectivity index is 1.79. The van der Waals surface area contributed by atoms with Gasteiger partial charge in [-0.15, -0.1) is 0 Å². The molecule has 0 bridgehead atoms. The number of urea groups is 1. The van der Waals surface area contributed by atoms with Gasteiger partial charge >= 0.3 is 12.0 Å². The lowest BCUT2D eigenvalue weighted by molar-refractivity contribution is -0.144. The lowest BCUT2D eigenvalue weighted by Crippen LogP contribution is -2.47. The number of benzene rings is 2. The standard InChI is InChI=1S/C25H30BrN3O4/c1-15-8-7-9-16(2)21(15)29-25(32)27-20-14-18(26)12-13-19(20)23(30)28-22(24(31)33-3)17-10-5-4-6-11-17/h7-9,12-14,17,22H,4-6,10-11H2,1-3H3,(H,28,30)(H2,27,29,32)/t22-/m0/s1. The van der Waals surface area contributed by atoms with Gasteiger partial charge in [-0.25, -0.2) is 9.59 Å². The highest BCUT2D eigenvalue weighted by Crippen LogP contribution is 2.28. The Labute approximate surface area is 202 Å². The zero-order chi connectivity index (χ0) is 24.0. The van der Waals surface area contributed by atoms with Gasteiger partial charge in [0.15, 0.2) is 0 Å². The number of rotatable bonds is 6. The maximum absolute atomic E-state index is 13.2. The van der Waals surface area contributed by atoms with E-state index in [1.807, 2.05) is 32.0 Å². The molecule has 1 aliphatic carbocycles. The number of hydrogen-bond acceptors (Lipinski definition) is 4. The molecule has 3 rings (SSSR count). The first-order valence-electron chi connectivity index (χ1n) is 11.1. The summed E-state index contributed by atoms with van der Waals surface area (Å²) in [6.45, 7) is 3.83. The van der Waals surface area contributed by atoms with Crippen molar-refractivity contribution in [2.24, 2.45) is 5.92 Å². The minimum absolute atomic E-state index is 0.0364. The Morgan fingerprint density at radius 2 is 1.67 bits per heavy atom. The number of carbonyl (C=O) groups is 3. The van der Waals surface area contributed by atoms with Crippen molar-refractivity contribution in [1.82, 2.24) is 5.32 Å². The highest BCUT2D eigenvalue weighted by molar-refractivity contribution is 9.10. The third-order valence-corrected chi connectivity index (χ3v) is 6.55. The molecule has 7 nitrogen and oxygen atoms in total. The molecule has 3 amide bonds. The minimum atomic E-state index is -0.720. The largest absolute Gasteiger partial charge is 0.467 e. The van der Waals surface area contributed by atoms with Crippen LogP contribution in [-0.4, -0.2) is 31.1 Å². The van der Waals surface area contributed by atoms with E-state index in [0.717, 1.165) is 48.9 Å². The van der Waals surface area contributed by atoms with Crippen molar-refractivity contribution in [2.75, 3.05) is 17.7 Å². The molecular formula is C25H30BrN3O4. The molecule has 176 valence electrons. The average Bonchev–Trinajstić information content (AvgIpc) is 2.80. The number of anilines is 2. The van der Waals surface area contributed by atoms with E-state index in [4.69, 9.17) is 4.74 Å². The Morgan fingerprint density at radius 1 is 1.00 bits per heavy atom. The van der Waals surface area contributed by atoms with Gasteiger partial charge in [-0.2, -0.15) is 0 Å². The van der Waals surface area contributed by atoms with Crippen LogP contribution in [0.5, 0.6) is 0 Å². The van der Waals surface area contributed by atoms with Crippen molar-refractivity contribution in [3.63, 3.8) is 0 Å². The predicted octanol–water partition coefficient (Wildman–Crippen LogP) is 5.56. The van der Waals surface area contributed by atoms with E-state index >= 15 is 0 Å². The quantitative estimate of drug-likeness (QED) is 0.438. The van der Waals surface area contributed by atoms with E-state index in [1.165, 1.54) is 7.11 Å². The van der Waals surface area contributed by atoms with Crippen molar-refractivity contribution < 1.29 is 19.1 Å². The number of methoxy groups -OCH3 is 1. The number of nitrogens with one attached hydrogen (secondary N) is 3. The van der Waals surface area contributed by atoms with E-state index in [9.17, 15) is 14.4 Å². The zero-order valence-electron chi connectivity index (χ0n) is 19.2. The summed E-state index contributed by atoms with van der Waals surface area (Å²) in [7, 11) is 1.33. The topological polar surface area (TPSA) is 96.5 Å². The minimum Gasteiger partial charge on any atom is -0.467 e. The average molecular weight is 516 g/mol. The highest BCUT2D eigenvalue weighted by atomic mass is 79.9. The predicted molar refractivity (Wildman–Crippen MR) is 133 cm³/mol. The van der Waals surface area contributed by atoms with E-state index < -0.39 is 23.9 Å². The summed E-state index contributed by atoms with van der Waals surface area (Å²) in [5.74, 6) is -0.852. The summed E-state index contributed by atoms with van der Waals surface area (Å²) in [5.41, 5.74) is 3.19. The van der Waals surface area contributed by atoms with Crippen LogP contribution >= 0.6 is 15.9 Å². The molecular weight excluding hydrogens is 486 g/mol. The van der Waals surface area contributed by atoms with E-state index in [-0.39, 0.29) is 11.5 Å². The first-order chi connectivity index (χ1) is 15.8. The van der Waals surface area contributed by atoms with Crippen LogP contribution in [0.3, 0.4) is 0 Å². The first-order valence-corrected chi connectivity index (χ1v) is 11.9. The van der Waals surface area contributed by atoms with Gasteiger partial charge < -0.3 is 20.7 Å². The Bertz CT molecular complexity index is 1010. The second kappa shape index (κ2) is 11.3. The van der Waals surface area contributed by atoms with Crippen LogP contribution in [0.1, 0.15) is 53.6 Å². The molecule has 0 aliphatic heterocycles. The van der Waals surface area contributed by atoms with Gasteiger partial charge in [-0.05, 0) is 61.9 Å². The summed E-state index contributed by atoms with van der Waals surface area (Å²) in [6, 6.07) is 9.57. The van der Waals surface area contributed by atoms with Crippen molar-refractivity contribution >= 4 is 45.2 Å². The monoisotopic (exact) mass is 515 g/mol. The number of aryl methyl sites for hydroxylation is 2. The fourth-order valence-electron chi connectivity index (χ4n) is 4.28. The third-order valence-electron chi connectivity index (χ3n) is 6.06. The van der Waals surface area contributed by atoms with Crippen molar-refractivity contribution in [2.45, 2.75) is 52.0 Å². The zero-order valence-corrected chi connectivity index (χ0v) is 20.8. The summed E-state index contributed by atoms with van der Waals surface area (Å²) in [6.07, 6.45) is 4.91. The second-order valence-corrected chi connectivity index (χ2v) is 9.32. The smallest absolute Gasteiger partial charge is 0.328 e. The van der Waals surface area contributed by atoms with E-state index in [0.29, 0.717) is 10.2 Å². The van der Waals surface area contributed by atoms with E-state index in [2.05, 4.69) is 31.9 Å². The fraction of sp³-hybridized carbons (Fsp3) is 0.400. The molecule has 0 heterocycles. The maximum atomic E-state index is 13.2. The lowest BCUT2D eigenvalue weighted by Gasteiger charge is -2.29. The van der Waals surface area contributed by atoms with E-state index in [1.54, 1.807) is 18.2 Å². The molecule has 8 heteroatoms. The number of hydrogen-bond donors (Lipinski definition) is 3. The molecule has 2 aromatic carbocycles. The number of ether oxygens (including phenoxy) is 1. The summed E-state index contributed by atoms with van der Waals surface area (Å²) >= 11 is 3.40. The molecule has 1 fully saturated rings. The Kier molecular flexibility index (Phi) is 8.49. The van der Waals surface area contributed by atoms with Crippen LogP contribution in [0, 0.1) is 19.8 Å². The van der Waals surface area contributed by atoms with Gasteiger partial charge in [-0.1, -0.05) is 53.4 Å². The molecule has 1 atom stereocenters. The molecule has 0 aromatic heterocycles. The van der Waals surface area contributed by atoms with Gasteiger partial charge in [0.1, 0.15) is 6.04 Å². The second-order valence-electron chi connectivity index (χ2n) is 8.41. The summed E-state index contributed by atoms with van der Waals surface area (Å²) < 4.78 is 5.67. The number of halogens is 1. The fourth-order valence-corrected chi connectivity index (χ4v) is 4.64. The molecule has 0 saturated heterocycles. The Hall–Kier alpha value is -2.87. The van der Waals surface area contributed by atoms with Crippen LogP contribution < -0.4 is 16.0 Å². The number of esters is 1. The Morgan fingerprint density at radius 3 is 2.30 bits per heavy atom. The van der Waals surface area contributed by atoms with Crippen molar-refractivity contribution in [1.29, 1.82) is 0 Å². The number of amides is 3. The van der Waals surface area contributed by atoms with Gasteiger partial charge in [0.05, 0.1) is 18.4 Å². The van der Waals surface area contributed by atoms with Gasteiger partial charge in [0.2, 0.25) is 0 Å². The number of carbonyl (C=O) groups excluding carboxylic acids is 3. The van der Waals surface area contributed by atoms with Crippen LogP contribution in [-0.2, 0) is 9.53 Å². The molecule has 33 heavy (non-hydrogen) atoms. The molecule has 0 spiro atoms. The van der Waals surface area contributed by atoms with Crippen LogP contribution in [0.4, 0.5) is 16.2 Å². The molecule has 1 saturated carbocycles. The van der Waals surface area contributed by atoms with Crippen LogP contribution in [0.2, 0.25) is 0 Å². The normalized spacial score (nSPS) is 14.8. The molecule has 0 unspecified atom stereocenters. The molecule has 1 aliphatic rings. The van der Waals surface area contributed by atoms with Crippen LogP contribution in [0.25, 0.3) is 0 Å². The van der Waals surface area contributed by atoms with Crippen molar-refractivity contribution in [3.05, 3.63) is 57.6 Å². The first kappa shape index (κ1) is 24.8. The molecule has 3 N–H and O–H groups in total. The SMILES string of the molecule is COC(=O)[C@@H](NC(=O)c1ccc(Br)cc1NC(=O)Nc1c(C)cccc1C)C1CCCCC1. The maximum Gasteiger partial charge on any atom is 0.328 e. The lowest BCUT2D eigenvalue weighted by atomic mass is 9.83. The summed E-state index contributed by atoms with van der Waals surface area (Å²) in [5, 5.41) is 8.49. The number of para-hydroxylation sites is 1. The van der Waals surface area contributed by atoms with Gasteiger partial charge in [-0.3, -0.25) is 4.79 Å². The van der Waals surface area contributed by atoms with Gasteiger partial charge in [0.25, 0.3) is 5.91 Å². The molecule has 2 aromatic rings. The van der Waals surface area contributed by atoms with Crippen LogP contribution in [0.15, 0.2) is 40.9 Å².